The fraction of sp³-hybridized carbons (Fsp3) is 0.500. The molecule has 2 aromatic rings. The molecule has 1 fully saturated rings. The van der Waals surface area contributed by atoms with Gasteiger partial charge in [-0.05, 0) is 38.2 Å². The van der Waals surface area contributed by atoms with Crippen LogP contribution in [0.15, 0.2) is 28.8 Å². The Kier molecular flexibility index (Phi) is 3.83. The Balaban J connectivity index is 1.66. The van der Waals surface area contributed by atoms with Crippen molar-refractivity contribution in [1.82, 2.24) is 10.1 Å². The highest BCUT2D eigenvalue weighted by Crippen LogP contribution is 2.31. The van der Waals surface area contributed by atoms with Crippen molar-refractivity contribution in [2.24, 2.45) is 5.73 Å². The van der Waals surface area contributed by atoms with E-state index >= 15 is 0 Å². The van der Waals surface area contributed by atoms with E-state index in [1.54, 1.807) is 0 Å². The van der Waals surface area contributed by atoms with Crippen LogP contribution in [0.5, 0.6) is 0 Å². The molecule has 1 saturated carbocycles. The van der Waals surface area contributed by atoms with Gasteiger partial charge in [0.2, 0.25) is 5.89 Å². The van der Waals surface area contributed by atoms with Crippen molar-refractivity contribution in [2.45, 2.75) is 51.0 Å². The van der Waals surface area contributed by atoms with Crippen molar-refractivity contribution < 1.29 is 4.52 Å². The summed E-state index contributed by atoms with van der Waals surface area (Å²) in [6.07, 6.45) is 4.97. The van der Waals surface area contributed by atoms with Crippen LogP contribution < -0.4 is 5.73 Å². The number of hydrogen-bond acceptors (Lipinski definition) is 4. The number of aromatic nitrogens is 2. The molecule has 1 aliphatic rings. The molecule has 0 aliphatic heterocycles. The van der Waals surface area contributed by atoms with Crippen LogP contribution in [0.25, 0.3) is 0 Å². The zero-order chi connectivity index (χ0) is 13.9. The van der Waals surface area contributed by atoms with E-state index in [4.69, 9.17) is 10.3 Å². The third-order valence-corrected chi connectivity index (χ3v) is 4.09. The predicted octanol–water partition coefficient (Wildman–Crippen LogP) is 2.95. The number of aryl methyl sites for hydroxylation is 1. The van der Waals surface area contributed by atoms with E-state index in [2.05, 4.69) is 41.3 Å². The summed E-state index contributed by atoms with van der Waals surface area (Å²) >= 11 is 0. The van der Waals surface area contributed by atoms with Gasteiger partial charge in [-0.2, -0.15) is 4.98 Å². The second-order valence-corrected chi connectivity index (χ2v) is 5.82. The number of nitrogens with zero attached hydrogens (tertiary/aromatic N) is 2. The molecule has 1 aromatic heterocycles. The normalized spacial score (nSPS) is 22.9. The van der Waals surface area contributed by atoms with Crippen LogP contribution in [-0.2, 0) is 6.42 Å². The summed E-state index contributed by atoms with van der Waals surface area (Å²) in [5.41, 5.74) is 8.41. The first kappa shape index (κ1) is 13.3. The predicted molar refractivity (Wildman–Crippen MR) is 77.5 cm³/mol. The summed E-state index contributed by atoms with van der Waals surface area (Å²) < 4.78 is 5.43. The number of benzene rings is 1. The van der Waals surface area contributed by atoms with Crippen LogP contribution in [0.1, 0.15) is 54.4 Å². The van der Waals surface area contributed by atoms with Crippen LogP contribution in [-0.4, -0.2) is 16.2 Å². The molecule has 0 unspecified atom stereocenters. The molecular weight excluding hydrogens is 250 g/mol. The minimum Gasteiger partial charge on any atom is -0.339 e. The van der Waals surface area contributed by atoms with Gasteiger partial charge < -0.3 is 10.3 Å². The number of rotatable bonds is 3. The van der Waals surface area contributed by atoms with Gasteiger partial charge in [0.1, 0.15) is 0 Å². The average Bonchev–Trinajstić information content (AvgIpc) is 2.91. The highest BCUT2D eigenvalue weighted by molar-refractivity contribution is 5.23. The van der Waals surface area contributed by atoms with E-state index in [9.17, 15) is 0 Å². The van der Waals surface area contributed by atoms with Crippen LogP contribution >= 0.6 is 0 Å². The Morgan fingerprint density at radius 3 is 2.55 bits per heavy atom. The monoisotopic (exact) mass is 271 g/mol. The summed E-state index contributed by atoms with van der Waals surface area (Å²) in [4.78, 5) is 4.56. The van der Waals surface area contributed by atoms with E-state index < -0.39 is 0 Å². The van der Waals surface area contributed by atoms with E-state index in [0.717, 1.165) is 43.8 Å². The molecule has 0 atom stereocenters. The van der Waals surface area contributed by atoms with E-state index in [0.29, 0.717) is 12.0 Å². The minimum absolute atomic E-state index is 0.348. The lowest BCUT2D eigenvalue weighted by molar-refractivity contribution is 0.300. The van der Waals surface area contributed by atoms with E-state index in [-0.39, 0.29) is 0 Å². The SMILES string of the molecule is Cc1ccc(Cc2noc(C3CCC(N)CC3)n2)cc1. The lowest BCUT2D eigenvalue weighted by Gasteiger charge is -2.22. The third kappa shape index (κ3) is 3.07. The molecule has 106 valence electrons. The Morgan fingerprint density at radius 2 is 1.85 bits per heavy atom. The molecule has 4 heteroatoms. The van der Waals surface area contributed by atoms with Crippen molar-refractivity contribution in [2.75, 3.05) is 0 Å². The minimum atomic E-state index is 0.348. The summed E-state index contributed by atoms with van der Waals surface area (Å²) in [6, 6.07) is 8.80. The van der Waals surface area contributed by atoms with Gasteiger partial charge in [0, 0.05) is 18.4 Å². The van der Waals surface area contributed by atoms with Crippen molar-refractivity contribution in [3.05, 3.63) is 47.1 Å². The lowest BCUT2D eigenvalue weighted by atomic mass is 9.86. The topological polar surface area (TPSA) is 64.9 Å². The molecule has 1 aliphatic carbocycles. The highest BCUT2D eigenvalue weighted by atomic mass is 16.5. The zero-order valence-corrected chi connectivity index (χ0v) is 11.9. The average molecular weight is 271 g/mol. The van der Waals surface area contributed by atoms with Gasteiger partial charge >= 0.3 is 0 Å². The van der Waals surface area contributed by atoms with Gasteiger partial charge in [0.05, 0.1) is 0 Å². The first-order valence-electron chi connectivity index (χ1n) is 7.34. The molecule has 4 nitrogen and oxygen atoms in total. The molecule has 0 spiro atoms. The molecule has 3 rings (SSSR count). The maximum absolute atomic E-state index is 5.93. The Morgan fingerprint density at radius 1 is 1.15 bits per heavy atom. The molecule has 0 radical (unpaired) electrons. The second kappa shape index (κ2) is 5.75. The van der Waals surface area contributed by atoms with Gasteiger partial charge in [-0.3, -0.25) is 0 Å². The first-order valence-corrected chi connectivity index (χ1v) is 7.34. The summed E-state index contributed by atoms with van der Waals surface area (Å²) in [5, 5.41) is 4.11. The first-order chi connectivity index (χ1) is 9.70. The van der Waals surface area contributed by atoms with Gasteiger partial charge in [-0.15, -0.1) is 0 Å². The standard InChI is InChI=1S/C16H21N3O/c1-11-2-4-12(5-3-11)10-15-18-16(20-19-15)13-6-8-14(17)9-7-13/h2-5,13-14H,6-10,17H2,1H3. The maximum Gasteiger partial charge on any atom is 0.229 e. The largest absolute Gasteiger partial charge is 0.339 e. The van der Waals surface area contributed by atoms with Crippen molar-refractivity contribution >= 4 is 0 Å². The molecular formula is C16H21N3O. The summed E-state index contributed by atoms with van der Waals surface area (Å²) in [7, 11) is 0. The molecule has 2 N–H and O–H groups in total. The van der Waals surface area contributed by atoms with Crippen molar-refractivity contribution in [1.29, 1.82) is 0 Å². The lowest BCUT2D eigenvalue weighted by Crippen LogP contribution is -2.25. The fourth-order valence-electron chi connectivity index (χ4n) is 2.76. The summed E-state index contributed by atoms with van der Waals surface area (Å²) in [6.45, 7) is 2.09. The Hall–Kier alpha value is -1.68. The van der Waals surface area contributed by atoms with E-state index in [1.807, 2.05) is 0 Å². The van der Waals surface area contributed by atoms with Gasteiger partial charge in [-0.1, -0.05) is 35.0 Å². The van der Waals surface area contributed by atoms with E-state index in [1.165, 1.54) is 11.1 Å². The molecule has 0 saturated heterocycles. The van der Waals surface area contributed by atoms with Crippen LogP contribution in [0.2, 0.25) is 0 Å². The molecule has 20 heavy (non-hydrogen) atoms. The summed E-state index contributed by atoms with van der Waals surface area (Å²) in [5.74, 6) is 1.96. The molecule has 0 bridgehead atoms. The fourth-order valence-corrected chi connectivity index (χ4v) is 2.76. The van der Waals surface area contributed by atoms with Gasteiger partial charge in [0.15, 0.2) is 5.82 Å². The zero-order valence-electron chi connectivity index (χ0n) is 11.9. The van der Waals surface area contributed by atoms with Gasteiger partial charge in [-0.25, -0.2) is 0 Å². The number of nitrogens with two attached hydrogens (primary N) is 1. The van der Waals surface area contributed by atoms with Gasteiger partial charge in [0.25, 0.3) is 0 Å². The maximum atomic E-state index is 5.93. The molecule has 1 heterocycles. The van der Waals surface area contributed by atoms with Crippen molar-refractivity contribution in [3.63, 3.8) is 0 Å². The Bertz CT molecular complexity index is 553. The molecule has 1 aromatic carbocycles. The Labute approximate surface area is 119 Å². The van der Waals surface area contributed by atoms with Crippen LogP contribution in [0.4, 0.5) is 0 Å². The van der Waals surface area contributed by atoms with Crippen molar-refractivity contribution in [3.8, 4) is 0 Å². The molecule has 0 amide bonds. The van der Waals surface area contributed by atoms with Crippen LogP contribution in [0.3, 0.4) is 0 Å². The number of hydrogen-bond donors (Lipinski definition) is 1. The third-order valence-electron chi connectivity index (χ3n) is 4.09. The second-order valence-electron chi connectivity index (χ2n) is 5.82. The smallest absolute Gasteiger partial charge is 0.229 e. The highest BCUT2D eigenvalue weighted by Gasteiger charge is 2.24. The van der Waals surface area contributed by atoms with Crippen LogP contribution in [0, 0.1) is 6.92 Å². The quantitative estimate of drug-likeness (QED) is 0.932.